The van der Waals surface area contributed by atoms with Crippen LogP contribution in [-0.4, -0.2) is 17.7 Å². The van der Waals surface area contributed by atoms with E-state index in [1.54, 1.807) is 24.3 Å². The molecule has 4 heteroatoms. The molecule has 19 heavy (non-hydrogen) atoms. The van der Waals surface area contributed by atoms with Crippen LogP contribution in [0.2, 0.25) is 0 Å². The van der Waals surface area contributed by atoms with Crippen molar-refractivity contribution in [1.29, 1.82) is 0 Å². The first-order valence-corrected chi connectivity index (χ1v) is 5.83. The maximum Gasteiger partial charge on any atom is 0.341 e. The normalized spacial score (nSPS) is 9.95. The van der Waals surface area contributed by atoms with Crippen LogP contribution in [0, 0.1) is 6.92 Å². The SMILES string of the molecule is Cc1ccc(Oc2ccc(OCC(=O)O)cc2)cc1. The fraction of sp³-hybridized carbons (Fsp3) is 0.133. The van der Waals surface area contributed by atoms with Gasteiger partial charge < -0.3 is 14.6 Å². The molecule has 0 saturated carbocycles. The van der Waals surface area contributed by atoms with Gasteiger partial charge in [0.15, 0.2) is 6.61 Å². The molecule has 0 bridgehead atoms. The molecule has 2 aromatic carbocycles. The number of hydrogen-bond donors (Lipinski definition) is 1. The predicted molar refractivity (Wildman–Crippen MR) is 70.8 cm³/mol. The molecule has 0 amide bonds. The van der Waals surface area contributed by atoms with Crippen LogP contribution in [0.15, 0.2) is 48.5 Å². The Bertz CT molecular complexity index is 543. The molecule has 0 unspecified atom stereocenters. The Morgan fingerprint density at radius 1 is 0.947 bits per heavy atom. The monoisotopic (exact) mass is 258 g/mol. The van der Waals surface area contributed by atoms with Crippen molar-refractivity contribution in [2.24, 2.45) is 0 Å². The van der Waals surface area contributed by atoms with Crippen LogP contribution < -0.4 is 9.47 Å². The number of hydrogen-bond acceptors (Lipinski definition) is 3. The van der Waals surface area contributed by atoms with Gasteiger partial charge in [-0.15, -0.1) is 0 Å². The summed E-state index contributed by atoms with van der Waals surface area (Å²) in [4.78, 5) is 10.4. The van der Waals surface area contributed by atoms with Gasteiger partial charge in [0.05, 0.1) is 0 Å². The van der Waals surface area contributed by atoms with E-state index in [0.29, 0.717) is 11.5 Å². The van der Waals surface area contributed by atoms with Crippen molar-refractivity contribution in [2.75, 3.05) is 6.61 Å². The van der Waals surface area contributed by atoms with E-state index in [1.165, 1.54) is 5.56 Å². The van der Waals surface area contributed by atoms with Gasteiger partial charge in [0.1, 0.15) is 17.2 Å². The van der Waals surface area contributed by atoms with E-state index < -0.39 is 5.97 Å². The number of carboxylic acids is 1. The summed E-state index contributed by atoms with van der Waals surface area (Å²) in [6, 6.07) is 14.5. The van der Waals surface area contributed by atoms with Crippen molar-refractivity contribution in [2.45, 2.75) is 6.92 Å². The summed E-state index contributed by atoms with van der Waals surface area (Å²) in [5, 5.41) is 8.50. The second-order valence-corrected chi connectivity index (χ2v) is 4.07. The van der Waals surface area contributed by atoms with Crippen molar-refractivity contribution in [1.82, 2.24) is 0 Å². The molecular weight excluding hydrogens is 244 g/mol. The molecule has 4 nitrogen and oxygen atoms in total. The standard InChI is InChI=1S/C15H14O4/c1-11-2-4-13(5-3-11)19-14-8-6-12(7-9-14)18-10-15(16)17/h2-9H,10H2,1H3,(H,16,17). The zero-order chi connectivity index (χ0) is 13.7. The number of ether oxygens (including phenoxy) is 2. The fourth-order valence-corrected chi connectivity index (χ4v) is 1.49. The Hall–Kier alpha value is -2.49. The van der Waals surface area contributed by atoms with Crippen LogP contribution in [0.25, 0.3) is 0 Å². The van der Waals surface area contributed by atoms with Crippen molar-refractivity contribution < 1.29 is 19.4 Å². The Labute approximate surface area is 111 Å². The number of benzene rings is 2. The summed E-state index contributed by atoms with van der Waals surface area (Å²) in [5.74, 6) is 0.926. The highest BCUT2D eigenvalue weighted by atomic mass is 16.5. The minimum atomic E-state index is -1.00. The Balaban J connectivity index is 1.98. The van der Waals surface area contributed by atoms with Gasteiger partial charge in [-0.25, -0.2) is 4.79 Å². The summed E-state index contributed by atoms with van der Waals surface area (Å²) < 4.78 is 10.7. The zero-order valence-corrected chi connectivity index (χ0v) is 10.5. The molecule has 98 valence electrons. The number of rotatable bonds is 5. The minimum absolute atomic E-state index is 0.349. The largest absolute Gasteiger partial charge is 0.482 e. The quantitative estimate of drug-likeness (QED) is 0.894. The van der Waals surface area contributed by atoms with Gasteiger partial charge in [0, 0.05) is 0 Å². The Morgan fingerprint density at radius 3 is 1.95 bits per heavy atom. The molecule has 0 aromatic heterocycles. The van der Waals surface area contributed by atoms with Crippen LogP contribution in [0.4, 0.5) is 0 Å². The summed E-state index contributed by atoms with van der Waals surface area (Å²) in [7, 11) is 0. The van der Waals surface area contributed by atoms with Crippen LogP contribution >= 0.6 is 0 Å². The van der Waals surface area contributed by atoms with E-state index in [0.717, 1.165) is 5.75 Å². The van der Waals surface area contributed by atoms with Crippen molar-refractivity contribution in [3.8, 4) is 17.2 Å². The molecule has 2 aromatic rings. The summed E-state index contributed by atoms with van der Waals surface area (Å²) in [6.07, 6.45) is 0. The van der Waals surface area contributed by atoms with Gasteiger partial charge in [-0.3, -0.25) is 0 Å². The molecule has 2 rings (SSSR count). The average molecular weight is 258 g/mol. The van der Waals surface area contributed by atoms with Crippen LogP contribution in [0.1, 0.15) is 5.56 Å². The lowest BCUT2D eigenvalue weighted by Crippen LogP contribution is -2.09. The Morgan fingerprint density at radius 2 is 1.42 bits per heavy atom. The summed E-state index contributed by atoms with van der Waals surface area (Å²) in [6.45, 7) is 1.66. The highest BCUT2D eigenvalue weighted by Crippen LogP contribution is 2.23. The molecular formula is C15H14O4. The molecule has 0 radical (unpaired) electrons. The van der Waals surface area contributed by atoms with Gasteiger partial charge in [0.2, 0.25) is 0 Å². The number of aryl methyl sites for hydroxylation is 1. The molecule has 0 aliphatic carbocycles. The lowest BCUT2D eigenvalue weighted by molar-refractivity contribution is -0.139. The van der Waals surface area contributed by atoms with Crippen LogP contribution in [0.5, 0.6) is 17.2 Å². The lowest BCUT2D eigenvalue weighted by atomic mass is 10.2. The second-order valence-electron chi connectivity index (χ2n) is 4.07. The minimum Gasteiger partial charge on any atom is -0.482 e. The molecule has 0 fully saturated rings. The highest BCUT2D eigenvalue weighted by molar-refractivity contribution is 5.68. The molecule has 0 aliphatic rings. The average Bonchev–Trinajstić information content (AvgIpc) is 2.40. The Kier molecular flexibility index (Phi) is 4.03. The first-order valence-electron chi connectivity index (χ1n) is 5.83. The predicted octanol–water partition coefficient (Wildman–Crippen LogP) is 3.25. The smallest absolute Gasteiger partial charge is 0.341 e. The maximum absolute atomic E-state index is 10.4. The number of carbonyl (C=O) groups is 1. The maximum atomic E-state index is 10.4. The first kappa shape index (κ1) is 13.0. The van der Waals surface area contributed by atoms with Crippen molar-refractivity contribution >= 4 is 5.97 Å². The van der Waals surface area contributed by atoms with E-state index in [2.05, 4.69) is 0 Å². The second kappa shape index (κ2) is 5.91. The summed E-state index contributed by atoms with van der Waals surface area (Å²) in [5.41, 5.74) is 1.17. The lowest BCUT2D eigenvalue weighted by Gasteiger charge is -2.07. The van der Waals surface area contributed by atoms with Crippen LogP contribution in [-0.2, 0) is 4.79 Å². The van der Waals surface area contributed by atoms with E-state index >= 15 is 0 Å². The van der Waals surface area contributed by atoms with Crippen molar-refractivity contribution in [3.63, 3.8) is 0 Å². The van der Waals surface area contributed by atoms with Crippen molar-refractivity contribution in [3.05, 3.63) is 54.1 Å². The third-order valence-electron chi connectivity index (χ3n) is 2.44. The highest BCUT2D eigenvalue weighted by Gasteiger charge is 2.01. The zero-order valence-electron chi connectivity index (χ0n) is 10.5. The third-order valence-corrected chi connectivity index (χ3v) is 2.44. The molecule has 0 heterocycles. The fourth-order valence-electron chi connectivity index (χ4n) is 1.49. The third kappa shape index (κ3) is 4.03. The molecule has 0 aliphatic heterocycles. The van der Waals surface area contributed by atoms with E-state index in [-0.39, 0.29) is 6.61 Å². The van der Waals surface area contributed by atoms with Gasteiger partial charge in [-0.2, -0.15) is 0 Å². The van der Waals surface area contributed by atoms with Gasteiger partial charge in [-0.05, 0) is 43.3 Å². The van der Waals surface area contributed by atoms with Gasteiger partial charge >= 0.3 is 5.97 Å². The topological polar surface area (TPSA) is 55.8 Å². The van der Waals surface area contributed by atoms with Crippen LogP contribution in [0.3, 0.4) is 0 Å². The number of carboxylic acid groups (broad SMARTS) is 1. The molecule has 0 saturated heterocycles. The van der Waals surface area contributed by atoms with Gasteiger partial charge in [0.25, 0.3) is 0 Å². The summed E-state index contributed by atoms with van der Waals surface area (Å²) >= 11 is 0. The molecule has 0 atom stereocenters. The number of aliphatic carboxylic acids is 1. The molecule has 1 N–H and O–H groups in total. The van der Waals surface area contributed by atoms with Gasteiger partial charge in [-0.1, -0.05) is 17.7 Å². The van der Waals surface area contributed by atoms with E-state index in [4.69, 9.17) is 14.6 Å². The van der Waals surface area contributed by atoms with E-state index in [9.17, 15) is 4.79 Å². The first-order chi connectivity index (χ1) is 9.13. The molecule has 0 spiro atoms. The van der Waals surface area contributed by atoms with E-state index in [1.807, 2.05) is 31.2 Å².